The Kier molecular flexibility index (Phi) is 4.14. The van der Waals surface area contributed by atoms with Gasteiger partial charge in [0.1, 0.15) is 5.78 Å². The van der Waals surface area contributed by atoms with Crippen molar-refractivity contribution >= 4 is 11.5 Å². The van der Waals surface area contributed by atoms with Crippen LogP contribution in [0.15, 0.2) is 35.4 Å². The third-order valence-electron chi connectivity index (χ3n) is 4.24. The monoisotopic (exact) mass is 270 g/mol. The van der Waals surface area contributed by atoms with E-state index in [-0.39, 0.29) is 0 Å². The van der Waals surface area contributed by atoms with Crippen molar-refractivity contribution in [2.45, 2.75) is 44.4 Å². The highest BCUT2D eigenvalue weighted by Crippen LogP contribution is 2.30. The average Bonchev–Trinajstić information content (AvgIpc) is 2.49. The average molecular weight is 270 g/mol. The van der Waals surface area contributed by atoms with E-state index in [1.165, 1.54) is 24.8 Å². The number of ketones is 1. The van der Waals surface area contributed by atoms with Crippen molar-refractivity contribution < 1.29 is 4.79 Å². The van der Waals surface area contributed by atoms with Crippen LogP contribution in [0.4, 0.5) is 0 Å². The first-order chi connectivity index (χ1) is 9.81. The lowest BCUT2D eigenvalue weighted by Crippen LogP contribution is -2.29. The van der Waals surface area contributed by atoms with E-state index >= 15 is 0 Å². The summed E-state index contributed by atoms with van der Waals surface area (Å²) in [5, 5.41) is 6.92. The highest BCUT2D eigenvalue weighted by Gasteiger charge is 2.26. The van der Waals surface area contributed by atoms with Crippen LogP contribution in [0.5, 0.6) is 0 Å². The lowest BCUT2D eigenvalue weighted by Gasteiger charge is -2.28. The van der Waals surface area contributed by atoms with E-state index in [0.29, 0.717) is 24.5 Å². The van der Waals surface area contributed by atoms with Crippen LogP contribution in [0.3, 0.4) is 0 Å². The first-order valence-corrected chi connectivity index (χ1v) is 7.69. The minimum atomic E-state index is 0.320. The molecule has 3 heteroatoms. The molecule has 1 atom stereocenters. The second kappa shape index (κ2) is 6.21. The van der Waals surface area contributed by atoms with Crippen LogP contribution in [-0.4, -0.2) is 29.6 Å². The molecule has 0 N–H and O–H groups in total. The van der Waals surface area contributed by atoms with E-state index in [1.54, 1.807) is 0 Å². The van der Waals surface area contributed by atoms with Gasteiger partial charge in [-0.1, -0.05) is 30.3 Å². The van der Waals surface area contributed by atoms with Crippen molar-refractivity contribution in [1.29, 1.82) is 0 Å². The molecule has 0 radical (unpaired) electrons. The van der Waals surface area contributed by atoms with Gasteiger partial charge in [0.05, 0.1) is 0 Å². The lowest BCUT2D eigenvalue weighted by molar-refractivity contribution is -0.118. The number of carbonyl (C=O) groups is 1. The van der Waals surface area contributed by atoms with Crippen molar-refractivity contribution in [3.05, 3.63) is 35.9 Å². The summed E-state index contributed by atoms with van der Waals surface area (Å²) in [5.74, 6) is 0.654. The Balaban J connectivity index is 1.72. The third kappa shape index (κ3) is 3.27. The predicted octanol–water partition coefficient (Wildman–Crippen LogP) is 3.37. The molecule has 0 amide bonds. The van der Waals surface area contributed by atoms with Gasteiger partial charge in [0, 0.05) is 31.6 Å². The Morgan fingerprint density at radius 3 is 2.50 bits per heavy atom. The number of nitrogens with zero attached hydrogens (tertiary/aromatic N) is 2. The molecule has 1 aromatic carbocycles. The number of rotatable bonds is 2. The normalized spacial score (nSPS) is 26.0. The lowest BCUT2D eigenvalue weighted by atomic mass is 9.82. The summed E-state index contributed by atoms with van der Waals surface area (Å²) in [5.41, 5.74) is 2.35. The molecule has 3 rings (SSSR count). The number of hydrogen-bond donors (Lipinski definition) is 0. The van der Waals surface area contributed by atoms with Crippen LogP contribution >= 0.6 is 0 Å². The molecule has 1 aliphatic carbocycles. The number of hydrazone groups is 1. The summed E-state index contributed by atoms with van der Waals surface area (Å²) >= 11 is 0. The first-order valence-electron chi connectivity index (χ1n) is 7.69. The summed E-state index contributed by atoms with van der Waals surface area (Å²) in [6.07, 6.45) is 5.93. The minimum absolute atomic E-state index is 0.320. The largest absolute Gasteiger partial charge is 0.299 e. The molecule has 2 aliphatic rings. The second-order valence-electron chi connectivity index (χ2n) is 5.91. The molecular formula is C17H22N2O. The van der Waals surface area contributed by atoms with Crippen LogP contribution in [0, 0.1) is 0 Å². The van der Waals surface area contributed by atoms with Gasteiger partial charge < -0.3 is 0 Å². The van der Waals surface area contributed by atoms with Gasteiger partial charge in [0.25, 0.3) is 0 Å². The third-order valence-corrected chi connectivity index (χ3v) is 4.24. The maximum Gasteiger partial charge on any atom is 0.139 e. The van der Waals surface area contributed by atoms with Crippen LogP contribution in [-0.2, 0) is 4.79 Å². The fourth-order valence-electron chi connectivity index (χ4n) is 3.22. The summed E-state index contributed by atoms with van der Waals surface area (Å²) in [6, 6.07) is 10.4. The zero-order chi connectivity index (χ0) is 13.8. The van der Waals surface area contributed by atoms with Crippen LogP contribution in [0.2, 0.25) is 0 Å². The molecule has 0 aromatic heterocycles. The van der Waals surface area contributed by atoms with Gasteiger partial charge in [-0.15, -0.1) is 0 Å². The molecule has 1 aromatic rings. The molecule has 3 nitrogen and oxygen atoms in total. The number of hydrogen-bond acceptors (Lipinski definition) is 3. The van der Waals surface area contributed by atoms with E-state index in [4.69, 9.17) is 5.10 Å². The Labute approximate surface area is 120 Å². The molecule has 1 unspecified atom stereocenters. The standard InChI is InChI=1S/C17H22N2O/c20-17-12-15(14-7-3-1-4-8-14)11-16(13-17)18-19-9-5-2-6-10-19/h1,3-4,7-8,15H,2,5-6,9-13H2. The van der Waals surface area contributed by atoms with E-state index in [2.05, 4.69) is 29.3 Å². The Morgan fingerprint density at radius 2 is 1.75 bits per heavy atom. The first kappa shape index (κ1) is 13.3. The highest BCUT2D eigenvalue weighted by molar-refractivity contribution is 6.04. The number of carbonyl (C=O) groups excluding carboxylic acids is 1. The van der Waals surface area contributed by atoms with Gasteiger partial charge in [-0.25, -0.2) is 0 Å². The molecule has 20 heavy (non-hydrogen) atoms. The van der Waals surface area contributed by atoms with Gasteiger partial charge in [-0.05, 0) is 37.2 Å². The SMILES string of the molecule is O=C1CC(=NN2CCCCC2)CC(c2ccccc2)C1. The highest BCUT2D eigenvalue weighted by atomic mass is 16.1. The molecule has 1 heterocycles. The molecular weight excluding hydrogens is 248 g/mol. The summed E-state index contributed by atoms with van der Waals surface area (Å²) < 4.78 is 0. The minimum Gasteiger partial charge on any atom is -0.299 e. The Morgan fingerprint density at radius 1 is 1.00 bits per heavy atom. The van der Waals surface area contributed by atoms with E-state index < -0.39 is 0 Å². The van der Waals surface area contributed by atoms with Crippen LogP contribution in [0.1, 0.15) is 50.0 Å². The summed E-state index contributed by atoms with van der Waals surface area (Å²) in [6.45, 7) is 2.10. The summed E-state index contributed by atoms with van der Waals surface area (Å²) in [4.78, 5) is 12.0. The van der Waals surface area contributed by atoms with Gasteiger partial charge in [-0.3, -0.25) is 9.80 Å². The van der Waals surface area contributed by atoms with Crippen molar-refractivity contribution in [3.8, 4) is 0 Å². The van der Waals surface area contributed by atoms with Gasteiger partial charge in [-0.2, -0.15) is 5.10 Å². The predicted molar refractivity (Wildman–Crippen MR) is 80.9 cm³/mol. The number of benzene rings is 1. The quantitative estimate of drug-likeness (QED) is 0.825. The molecule has 2 fully saturated rings. The maximum atomic E-state index is 12.0. The van der Waals surface area contributed by atoms with Crippen molar-refractivity contribution in [2.75, 3.05) is 13.1 Å². The van der Waals surface area contributed by atoms with Crippen LogP contribution < -0.4 is 0 Å². The molecule has 1 aliphatic heterocycles. The second-order valence-corrected chi connectivity index (χ2v) is 5.91. The number of piperidine rings is 1. The zero-order valence-electron chi connectivity index (χ0n) is 11.9. The Hall–Kier alpha value is -1.64. The van der Waals surface area contributed by atoms with Gasteiger partial charge in [0.15, 0.2) is 0 Å². The molecule has 1 saturated carbocycles. The van der Waals surface area contributed by atoms with E-state index in [0.717, 1.165) is 25.2 Å². The fourth-order valence-corrected chi connectivity index (χ4v) is 3.22. The zero-order valence-corrected chi connectivity index (χ0v) is 11.9. The van der Waals surface area contributed by atoms with Gasteiger partial charge in [0.2, 0.25) is 0 Å². The van der Waals surface area contributed by atoms with Crippen molar-refractivity contribution in [1.82, 2.24) is 5.01 Å². The van der Waals surface area contributed by atoms with Gasteiger partial charge >= 0.3 is 0 Å². The molecule has 1 saturated heterocycles. The van der Waals surface area contributed by atoms with E-state index in [1.807, 2.05) is 6.07 Å². The molecule has 106 valence electrons. The maximum absolute atomic E-state index is 12.0. The summed E-state index contributed by atoms with van der Waals surface area (Å²) in [7, 11) is 0. The molecule has 0 spiro atoms. The fraction of sp³-hybridized carbons (Fsp3) is 0.529. The van der Waals surface area contributed by atoms with Crippen molar-refractivity contribution in [2.24, 2.45) is 5.10 Å². The smallest absolute Gasteiger partial charge is 0.139 e. The Bertz CT molecular complexity index is 489. The topological polar surface area (TPSA) is 32.7 Å². The number of Topliss-reactive ketones (excluding diaryl/α,β-unsaturated/α-hetero) is 1. The van der Waals surface area contributed by atoms with E-state index in [9.17, 15) is 4.79 Å². The molecule has 0 bridgehead atoms. The van der Waals surface area contributed by atoms with Crippen LogP contribution in [0.25, 0.3) is 0 Å². The van der Waals surface area contributed by atoms with Crippen molar-refractivity contribution in [3.63, 3.8) is 0 Å².